The van der Waals surface area contributed by atoms with Crippen molar-refractivity contribution in [2.45, 2.75) is 6.92 Å². The monoisotopic (exact) mass is 264 g/mol. The predicted octanol–water partition coefficient (Wildman–Crippen LogP) is 3.58. The van der Waals surface area contributed by atoms with Crippen molar-refractivity contribution < 1.29 is 9.21 Å². The van der Waals surface area contributed by atoms with Gasteiger partial charge in [-0.25, -0.2) is 0 Å². The van der Waals surface area contributed by atoms with E-state index in [2.05, 4.69) is 15.9 Å². The molecule has 0 saturated carbocycles. The van der Waals surface area contributed by atoms with Crippen LogP contribution in [-0.2, 0) is 0 Å². The Labute approximate surface area is 96.0 Å². The Morgan fingerprint density at radius 3 is 2.73 bits per heavy atom. The normalized spacial score (nSPS) is 10.3. The molecule has 1 aromatic heterocycles. The van der Waals surface area contributed by atoms with Crippen molar-refractivity contribution in [2.75, 3.05) is 0 Å². The summed E-state index contributed by atoms with van der Waals surface area (Å²) in [5.41, 5.74) is 2.30. The molecule has 2 aromatic rings. The van der Waals surface area contributed by atoms with E-state index in [0.717, 1.165) is 5.56 Å². The molecular formula is C12H9BrO2. The number of hydrogen-bond acceptors (Lipinski definition) is 2. The van der Waals surface area contributed by atoms with Gasteiger partial charge in [-0.15, -0.1) is 0 Å². The molecule has 0 spiro atoms. The lowest BCUT2D eigenvalue weighted by molar-refractivity contribution is 0.103. The van der Waals surface area contributed by atoms with E-state index in [-0.39, 0.29) is 5.78 Å². The summed E-state index contributed by atoms with van der Waals surface area (Å²) in [5.74, 6) is -0.0284. The third-order valence-electron chi connectivity index (χ3n) is 2.14. The van der Waals surface area contributed by atoms with Crippen LogP contribution in [0.5, 0.6) is 0 Å². The van der Waals surface area contributed by atoms with Gasteiger partial charge in [0, 0.05) is 5.56 Å². The Hall–Kier alpha value is -1.35. The van der Waals surface area contributed by atoms with E-state index in [9.17, 15) is 4.79 Å². The zero-order valence-corrected chi connectivity index (χ0v) is 9.74. The summed E-state index contributed by atoms with van der Waals surface area (Å²) in [7, 11) is 0. The summed E-state index contributed by atoms with van der Waals surface area (Å²) < 4.78 is 5.51. The molecule has 2 rings (SSSR count). The molecule has 3 heteroatoms. The van der Waals surface area contributed by atoms with Gasteiger partial charge in [-0.3, -0.25) is 4.79 Å². The number of ketones is 1. The molecule has 0 radical (unpaired) electrons. The number of halogens is 1. The van der Waals surface area contributed by atoms with Crippen LogP contribution in [0.1, 0.15) is 21.5 Å². The predicted molar refractivity (Wildman–Crippen MR) is 61.0 cm³/mol. The molecule has 0 aliphatic rings. The van der Waals surface area contributed by atoms with E-state index in [4.69, 9.17) is 4.42 Å². The molecule has 0 aliphatic heterocycles. The van der Waals surface area contributed by atoms with E-state index >= 15 is 0 Å². The fourth-order valence-corrected chi connectivity index (χ4v) is 1.82. The minimum absolute atomic E-state index is 0.0284. The second-order valence-electron chi connectivity index (χ2n) is 3.31. The van der Waals surface area contributed by atoms with Gasteiger partial charge in [-0.1, -0.05) is 23.8 Å². The zero-order chi connectivity index (χ0) is 10.8. The number of aryl methyl sites for hydroxylation is 1. The lowest BCUT2D eigenvalue weighted by Gasteiger charge is -1.99. The summed E-state index contributed by atoms with van der Waals surface area (Å²) in [6, 6.07) is 9.16. The van der Waals surface area contributed by atoms with Crippen LogP contribution < -0.4 is 0 Å². The van der Waals surface area contributed by atoms with Gasteiger partial charge in [-0.05, 0) is 35.0 Å². The Kier molecular flexibility index (Phi) is 2.73. The van der Waals surface area contributed by atoms with E-state index < -0.39 is 0 Å². The highest BCUT2D eigenvalue weighted by molar-refractivity contribution is 9.10. The van der Waals surface area contributed by atoms with Gasteiger partial charge in [0.25, 0.3) is 0 Å². The molecule has 0 aliphatic carbocycles. The lowest BCUT2D eigenvalue weighted by Crippen LogP contribution is -2.00. The molecule has 2 nitrogen and oxygen atoms in total. The van der Waals surface area contributed by atoms with Crippen LogP contribution in [0.15, 0.2) is 45.7 Å². The van der Waals surface area contributed by atoms with Crippen LogP contribution in [0.4, 0.5) is 0 Å². The first-order valence-electron chi connectivity index (χ1n) is 4.53. The van der Waals surface area contributed by atoms with Crippen molar-refractivity contribution in [2.24, 2.45) is 0 Å². The Bertz CT molecular complexity index is 500. The van der Waals surface area contributed by atoms with Crippen LogP contribution in [0.25, 0.3) is 0 Å². The molecule has 0 saturated heterocycles. The lowest BCUT2D eigenvalue weighted by atomic mass is 10.0. The Balaban J connectivity index is 2.41. The number of carbonyl (C=O) groups excluding carboxylic acids is 1. The van der Waals surface area contributed by atoms with E-state index in [1.807, 2.05) is 25.1 Å². The van der Waals surface area contributed by atoms with Crippen LogP contribution in [0.3, 0.4) is 0 Å². The molecule has 0 unspecified atom stereocenters. The minimum atomic E-state index is -0.0284. The number of hydrogen-bond donors (Lipinski definition) is 0. The third kappa shape index (κ3) is 2.02. The first-order valence-corrected chi connectivity index (χ1v) is 5.32. The van der Waals surface area contributed by atoms with Gasteiger partial charge in [0.05, 0.1) is 11.8 Å². The van der Waals surface area contributed by atoms with Crippen molar-refractivity contribution in [3.05, 3.63) is 58.0 Å². The molecule has 0 N–H and O–H groups in total. The smallest absolute Gasteiger partial charge is 0.197 e. The average molecular weight is 265 g/mol. The van der Waals surface area contributed by atoms with Crippen molar-refractivity contribution in [1.29, 1.82) is 0 Å². The average Bonchev–Trinajstić information content (AvgIpc) is 2.63. The summed E-state index contributed by atoms with van der Waals surface area (Å²) >= 11 is 3.20. The van der Waals surface area contributed by atoms with Crippen molar-refractivity contribution in [3.8, 4) is 0 Å². The summed E-state index contributed by atoms with van der Waals surface area (Å²) in [5, 5.41) is 0. The number of carbonyl (C=O) groups is 1. The fraction of sp³-hybridized carbons (Fsp3) is 0.0833. The second-order valence-corrected chi connectivity index (χ2v) is 4.03. The molecule has 76 valence electrons. The largest absolute Gasteiger partial charge is 0.457 e. The third-order valence-corrected chi connectivity index (χ3v) is 2.76. The molecule has 1 aromatic carbocycles. The fourth-order valence-electron chi connectivity index (χ4n) is 1.40. The van der Waals surface area contributed by atoms with E-state index in [1.165, 1.54) is 6.26 Å². The Morgan fingerprint density at radius 2 is 2.13 bits per heavy atom. The van der Waals surface area contributed by atoms with Gasteiger partial charge in [0.15, 0.2) is 10.5 Å². The number of rotatable bonds is 2. The number of furan rings is 1. The van der Waals surface area contributed by atoms with Gasteiger partial charge >= 0.3 is 0 Å². The van der Waals surface area contributed by atoms with Gasteiger partial charge in [-0.2, -0.15) is 0 Å². The maximum absolute atomic E-state index is 12.0. The molecular weight excluding hydrogens is 256 g/mol. The Morgan fingerprint density at radius 1 is 1.33 bits per heavy atom. The minimum Gasteiger partial charge on any atom is -0.457 e. The molecule has 0 fully saturated rings. The summed E-state index contributed by atoms with van der Waals surface area (Å²) in [4.78, 5) is 12.0. The first kappa shape index (κ1) is 10.2. The first-order chi connectivity index (χ1) is 7.18. The second kappa shape index (κ2) is 4.03. The molecule has 1 heterocycles. The topological polar surface area (TPSA) is 30.2 Å². The van der Waals surface area contributed by atoms with E-state index in [1.54, 1.807) is 12.1 Å². The van der Waals surface area contributed by atoms with Gasteiger partial charge in [0.2, 0.25) is 0 Å². The van der Waals surface area contributed by atoms with Gasteiger partial charge < -0.3 is 4.42 Å². The summed E-state index contributed by atoms with van der Waals surface area (Å²) in [6.07, 6.45) is 1.49. The molecule has 0 bridgehead atoms. The quantitative estimate of drug-likeness (QED) is 0.777. The van der Waals surface area contributed by atoms with Crippen molar-refractivity contribution in [1.82, 2.24) is 0 Å². The van der Waals surface area contributed by atoms with Crippen LogP contribution >= 0.6 is 15.9 Å². The van der Waals surface area contributed by atoms with Crippen LogP contribution in [0, 0.1) is 6.92 Å². The summed E-state index contributed by atoms with van der Waals surface area (Å²) in [6.45, 7) is 1.96. The SMILES string of the molecule is Cc1cccc(C(=O)c2ccoc2Br)c1. The zero-order valence-electron chi connectivity index (χ0n) is 8.16. The maximum Gasteiger partial charge on any atom is 0.197 e. The highest BCUT2D eigenvalue weighted by Crippen LogP contribution is 2.21. The van der Waals surface area contributed by atoms with Crippen molar-refractivity contribution in [3.63, 3.8) is 0 Å². The molecule has 0 amide bonds. The van der Waals surface area contributed by atoms with Crippen molar-refractivity contribution >= 4 is 21.7 Å². The van der Waals surface area contributed by atoms with Crippen LogP contribution in [0.2, 0.25) is 0 Å². The highest BCUT2D eigenvalue weighted by Gasteiger charge is 2.14. The van der Waals surface area contributed by atoms with E-state index in [0.29, 0.717) is 15.8 Å². The molecule has 15 heavy (non-hydrogen) atoms. The highest BCUT2D eigenvalue weighted by atomic mass is 79.9. The van der Waals surface area contributed by atoms with Crippen LogP contribution in [-0.4, -0.2) is 5.78 Å². The van der Waals surface area contributed by atoms with Gasteiger partial charge in [0.1, 0.15) is 0 Å². The number of benzene rings is 1. The standard InChI is InChI=1S/C12H9BrO2/c1-8-3-2-4-9(7-8)11(14)10-5-6-15-12(10)13/h2-7H,1H3. The maximum atomic E-state index is 12.0. The molecule has 0 atom stereocenters.